The molecule has 0 unspecified atom stereocenters. The van der Waals surface area contributed by atoms with Crippen LogP contribution in [0.1, 0.15) is 48.6 Å². The average Bonchev–Trinajstić information content (AvgIpc) is 3.33. The largest absolute Gasteiger partial charge is 0.374 e. The molecule has 0 saturated carbocycles. The molecule has 1 aliphatic carbocycles. The summed E-state index contributed by atoms with van der Waals surface area (Å²) in [6.07, 6.45) is 1.95. The van der Waals surface area contributed by atoms with Gasteiger partial charge in [-0.05, 0) is 55.5 Å². The topological polar surface area (TPSA) is 98.0 Å². The highest BCUT2D eigenvalue weighted by Crippen LogP contribution is 2.36. The maximum atomic E-state index is 9.48. The van der Waals surface area contributed by atoms with Crippen LogP contribution in [0.15, 0.2) is 40.9 Å². The fraction of sp³-hybridized carbons (Fsp3) is 0.318. The van der Waals surface area contributed by atoms with Crippen LogP contribution in [-0.2, 0) is 17.8 Å². The number of nitrogens with two attached hydrogens (primary N) is 1. The van der Waals surface area contributed by atoms with Crippen molar-refractivity contribution >= 4 is 0 Å². The van der Waals surface area contributed by atoms with Gasteiger partial charge in [0, 0.05) is 17.2 Å². The molecule has 1 aliphatic rings. The Hall–Kier alpha value is -3.01. The standard InChI is InChI=1S/C22H22N4O2/c1-13(2)27-12-15-7-6-14(10-16(15)11-23)22-25-21(26-28-22)19-5-3-4-18-17(19)8-9-20(18)24/h3-7,10,13,20H,8-9,12,24H2,1-2H3/t20-/m1/s1. The van der Waals surface area contributed by atoms with Crippen LogP contribution in [0.3, 0.4) is 0 Å². The fourth-order valence-electron chi connectivity index (χ4n) is 3.54. The summed E-state index contributed by atoms with van der Waals surface area (Å²) in [4.78, 5) is 4.57. The molecule has 0 amide bonds. The van der Waals surface area contributed by atoms with E-state index in [0.29, 0.717) is 29.4 Å². The number of nitrogens with zero attached hydrogens (tertiary/aromatic N) is 3. The van der Waals surface area contributed by atoms with Gasteiger partial charge in [-0.3, -0.25) is 0 Å². The van der Waals surface area contributed by atoms with Gasteiger partial charge >= 0.3 is 0 Å². The highest BCUT2D eigenvalue weighted by Gasteiger charge is 2.24. The molecule has 0 saturated heterocycles. The number of benzene rings is 2. The first kappa shape index (κ1) is 18.4. The molecule has 28 heavy (non-hydrogen) atoms. The van der Waals surface area contributed by atoms with Gasteiger partial charge in [0.25, 0.3) is 5.89 Å². The van der Waals surface area contributed by atoms with Gasteiger partial charge in [0.15, 0.2) is 0 Å². The third-order valence-corrected chi connectivity index (χ3v) is 5.03. The van der Waals surface area contributed by atoms with Crippen LogP contribution in [0.2, 0.25) is 0 Å². The second kappa shape index (κ2) is 7.55. The molecule has 6 nitrogen and oxygen atoms in total. The molecule has 0 aliphatic heterocycles. The second-order valence-electron chi connectivity index (χ2n) is 7.29. The summed E-state index contributed by atoms with van der Waals surface area (Å²) >= 11 is 0. The van der Waals surface area contributed by atoms with E-state index in [1.54, 1.807) is 6.07 Å². The van der Waals surface area contributed by atoms with Gasteiger partial charge in [0.1, 0.15) is 0 Å². The van der Waals surface area contributed by atoms with Gasteiger partial charge in [-0.2, -0.15) is 10.2 Å². The Balaban J connectivity index is 1.65. The van der Waals surface area contributed by atoms with Crippen molar-refractivity contribution in [2.75, 3.05) is 0 Å². The number of ether oxygens (including phenoxy) is 1. The molecule has 142 valence electrons. The quantitative estimate of drug-likeness (QED) is 0.720. The lowest BCUT2D eigenvalue weighted by molar-refractivity contribution is 0.0656. The van der Waals surface area contributed by atoms with Crippen LogP contribution in [-0.4, -0.2) is 16.2 Å². The number of hydrogen-bond donors (Lipinski definition) is 1. The molecule has 0 fully saturated rings. The first-order chi connectivity index (χ1) is 13.6. The lowest BCUT2D eigenvalue weighted by atomic mass is 10.0. The van der Waals surface area contributed by atoms with Crippen molar-refractivity contribution < 1.29 is 9.26 Å². The smallest absolute Gasteiger partial charge is 0.258 e. The van der Waals surface area contributed by atoms with Crippen molar-refractivity contribution in [1.29, 1.82) is 5.26 Å². The van der Waals surface area contributed by atoms with Crippen molar-refractivity contribution in [3.63, 3.8) is 0 Å². The second-order valence-corrected chi connectivity index (χ2v) is 7.29. The molecule has 6 heteroatoms. The molecular weight excluding hydrogens is 352 g/mol. The van der Waals surface area contributed by atoms with E-state index in [2.05, 4.69) is 22.3 Å². The summed E-state index contributed by atoms with van der Waals surface area (Å²) in [6, 6.07) is 13.9. The molecule has 0 bridgehead atoms. The normalized spacial score (nSPS) is 15.6. The zero-order valence-corrected chi connectivity index (χ0v) is 16.0. The van der Waals surface area contributed by atoms with Gasteiger partial charge in [-0.15, -0.1) is 0 Å². The maximum Gasteiger partial charge on any atom is 0.258 e. The summed E-state index contributed by atoms with van der Waals surface area (Å²) in [6.45, 7) is 4.33. The van der Waals surface area contributed by atoms with E-state index in [1.165, 1.54) is 5.56 Å². The predicted octanol–water partition coefficient (Wildman–Crippen LogP) is 4.15. The van der Waals surface area contributed by atoms with Crippen molar-refractivity contribution in [3.05, 3.63) is 58.7 Å². The Bertz CT molecular complexity index is 1050. The zero-order chi connectivity index (χ0) is 19.7. The lowest BCUT2D eigenvalue weighted by Gasteiger charge is -2.09. The molecular formula is C22H22N4O2. The molecule has 3 aromatic rings. The van der Waals surface area contributed by atoms with E-state index in [4.69, 9.17) is 15.0 Å². The summed E-state index contributed by atoms with van der Waals surface area (Å²) < 4.78 is 11.1. The summed E-state index contributed by atoms with van der Waals surface area (Å²) in [5.74, 6) is 0.939. The lowest BCUT2D eigenvalue weighted by Crippen LogP contribution is -2.05. The van der Waals surface area contributed by atoms with Gasteiger partial charge in [-0.25, -0.2) is 0 Å². The van der Waals surface area contributed by atoms with Crippen molar-refractivity contribution in [2.24, 2.45) is 5.73 Å². The molecule has 2 N–H and O–H groups in total. The maximum absolute atomic E-state index is 9.48. The molecule has 1 aromatic heterocycles. The molecule has 0 spiro atoms. The Morgan fingerprint density at radius 3 is 2.96 bits per heavy atom. The van der Waals surface area contributed by atoms with Crippen molar-refractivity contribution in [3.8, 4) is 28.9 Å². The van der Waals surface area contributed by atoms with E-state index in [-0.39, 0.29) is 12.1 Å². The van der Waals surface area contributed by atoms with Crippen LogP contribution in [0, 0.1) is 11.3 Å². The van der Waals surface area contributed by atoms with Crippen LogP contribution in [0.5, 0.6) is 0 Å². The molecule has 0 radical (unpaired) electrons. The number of rotatable bonds is 5. The molecule has 4 rings (SSSR count). The van der Waals surface area contributed by atoms with Crippen molar-refractivity contribution in [1.82, 2.24) is 10.1 Å². The van der Waals surface area contributed by atoms with E-state index in [0.717, 1.165) is 29.5 Å². The zero-order valence-electron chi connectivity index (χ0n) is 16.0. The SMILES string of the molecule is CC(C)OCc1ccc(-c2nc(-c3cccc4c3CC[C@H]4N)no2)cc1C#N. The van der Waals surface area contributed by atoms with Gasteiger partial charge < -0.3 is 15.0 Å². The van der Waals surface area contributed by atoms with Gasteiger partial charge in [0.05, 0.1) is 24.3 Å². The molecule has 2 aromatic carbocycles. The van der Waals surface area contributed by atoms with E-state index >= 15 is 0 Å². The van der Waals surface area contributed by atoms with E-state index in [9.17, 15) is 5.26 Å². The van der Waals surface area contributed by atoms with Crippen LogP contribution >= 0.6 is 0 Å². The highest BCUT2D eigenvalue weighted by molar-refractivity contribution is 5.66. The summed E-state index contributed by atoms with van der Waals surface area (Å²) in [5.41, 5.74) is 11.6. The van der Waals surface area contributed by atoms with E-state index in [1.807, 2.05) is 38.1 Å². The third kappa shape index (κ3) is 3.42. The minimum absolute atomic E-state index is 0.0695. The van der Waals surface area contributed by atoms with Crippen LogP contribution < -0.4 is 5.73 Å². The van der Waals surface area contributed by atoms with Crippen LogP contribution in [0.25, 0.3) is 22.8 Å². The van der Waals surface area contributed by atoms with Crippen LogP contribution in [0.4, 0.5) is 0 Å². The Morgan fingerprint density at radius 1 is 1.32 bits per heavy atom. The van der Waals surface area contributed by atoms with Crippen molar-refractivity contribution in [2.45, 2.75) is 45.4 Å². The monoisotopic (exact) mass is 374 g/mol. The third-order valence-electron chi connectivity index (χ3n) is 5.03. The van der Waals surface area contributed by atoms with E-state index < -0.39 is 0 Å². The summed E-state index contributed by atoms with van der Waals surface area (Å²) in [5, 5.41) is 13.7. The number of fused-ring (bicyclic) bond motifs is 1. The minimum atomic E-state index is 0.0695. The van der Waals surface area contributed by atoms with Gasteiger partial charge in [0.2, 0.25) is 5.82 Å². The highest BCUT2D eigenvalue weighted by atomic mass is 16.5. The summed E-state index contributed by atoms with van der Waals surface area (Å²) in [7, 11) is 0. The Morgan fingerprint density at radius 2 is 2.18 bits per heavy atom. The molecule has 1 heterocycles. The first-order valence-corrected chi connectivity index (χ1v) is 9.43. The molecule has 1 atom stereocenters. The minimum Gasteiger partial charge on any atom is -0.374 e. The Kier molecular flexibility index (Phi) is 4.95. The number of aromatic nitrogens is 2. The Labute approximate surface area is 163 Å². The first-order valence-electron chi connectivity index (χ1n) is 9.43. The fourth-order valence-corrected chi connectivity index (χ4v) is 3.54. The predicted molar refractivity (Wildman–Crippen MR) is 105 cm³/mol. The number of hydrogen-bond acceptors (Lipinski definition) is 6. The average molecular weight is 374 g/mol. The van der Waals surface area contributed by atoms with Gasteiger partial charge in [-0.1, -0.05) is 29.4 Å². The number of nitriles is 1.